The molecule has 0 saturated carbocycles. The summed E-state index contributed by atoms with van der Waals surface area (Å²) in [5.41, 5.74) is 1.13. The summed E-state index contributed by atoms with van der Waals surface area (Å²) in [7, 11) is 1.36. The Morgan fingerprint density at radius 2 is 1.83 bits per heavy atom. The molecule has 0 spiro atoms. The Morgan fingerprint density at radius 1 is 1.06 bits per heavy atom. The lowest BCUT2D eigenvalue weighted by atomic mass is 10.0. The fraction of sp³-hybridized carbons (Fsp3) is 0.0625. The van der Waals surface area contributed by atoms with Crippen molar-refractivity contribution in [1.82, 2.24) is 0 Å². The highest BCUT2D eigenvalue weighted by Gasteiger charge is 1.95. The summed E-state index contributed by atoms with van der Waals surface area (Å²) in [4.78, 5) is 10.9. The zero-order valence-corrected chi connectivity index (χ0v) is 10.2. The number of benzene rings is 2. The molecule has 0 fully saturated rings. The lowest BCUT2D eigenvalue weighted by molar-refractivity contribution is -0.134. The first-order chi connectivity index (χ1) is 8.81. The zero-order valence-electron chi connectivity index (χ0n) is 10.2. The van der Waals surface area contributed by atoms with Crippen LogP contribution in [0.3, 0.4) is 0 Å². The minimum atomic E-state index is -0.349. The summed E-state index contributed by atoms with van der Waals surface area (Å²) in [5, 5.41) is 2.40. The highest BCUT2D eigenvalue weighted by atomic mass is 16.5. The zero-order chi connectivity index (χ0) is 12.8. The maximum Gasteiger partial charge on any atom is 0.330 e. The van der Waals surface area contributed by atoms with Crippen LogP contribution in [-0.4, -0.2) is 13.1 Å². The SMILES string of the molecule is COC(=O)/C=C/C=C/c1cccc2ccccc12. The average molecular weight is 238 g/mol. The van der Waals surface area contributed by atoms with Crippen LogP contribution in [0.25, 0.3) is 16.8 Å². The summed E-state index contributed by atoms with van der Waals surface area (Å²) in [5.74, 6) is -0.349. The van der Waals surface area contributed by atoms with E-state index in [9.17, 15) is 4.79 Å². The van der Waals surface area contributed by atoms with Gasteiger partial charge in [0.15, 0.2) is 0 Å². The maximum atomic E-state index is 10.9. The molecule has 0 heterocycles. The van der Waals surface area contributed by atoms with Crippen molar-refractivity contribution in [1.29, 1.82) is 0 Å². The van der Waals surface area contributed by atoms with Crippen molar-refractivity contribution >= 4 is 22.8 Å². The van der Waals surface area contributed by atoms with Gasteiger partial charge in [-0.25, -0.2) is 4.79 Å². The van der Waals surface area contributed by atoms with Gasteiger partial charge in [-0.05, 0) is 16.3 Å². The molecule has 0 aliphatic carbocycles. The van der Waals surface area contributed by atoms with Gasteiger partial charge in [-0.2, -0.15) is 0 Å². The first kappa shape index (κ1) is 12.1. The van der Waals surface area contributed by atoms with Gasteiger partial charge in [-0.1, -0.05) is 60.7 Å². The Balaban J connectivity index is 2.24. The van der Waals surface area contributed by atoms with Crippen molar-refractivity contribution in [2.75, 3.05) is 7.11 Å². The van der Waals surface area contributed by atoms with Crippen LogP contribution < -0.4 is 0 Å². The molecule has 0 amide bonds. The second-order valence-corrected chi connectivity index (χ2v) is 3.81. The van der Waals surface area contributed by atoms with E-state index in [0.29, 0.717) is 0 Å². The van der Waals surface area contributed by atoms with Crippen molar-refractivity contribution in [3.05, 3.63) is 66.3 Å². The van der Waals surface area contributed by atoms with Crippen LogP contribution in [0.5, 0.6) is 0 Å². The molecule has 0 aliphatic heterocycles. The molecule has 2 aromatic carbocycles. The van der Waals surface area contributed by atoms with E-state index in [4.69, 9.17) is 0 Å². The Morgan fingerprint density at radius 3 is 2.67 bits per heavy atom. The van der Waals surface area contributed by atoms with Crippen LogP contribution in [0.4, 0.5) is 0 Å². The predicted molar refractivity (Wildman–Crippen MR) is 74.1 cm³/mol. The predicted octanol–water partition coefficient (Wildman–Crippen LogP) is 3.58. The maximum absolute atomic E-state index is 10.9. The molecule has 18 heavy (non-hydrogen) atoms. The summed E-state index contributed by atoms with van der Waals surface area (Å²) < 4.78 is 4.51. The molecule has 0 saturated heterocycles. The van der Waals surface area contributed by atoms with Gasteiger partial charge in [0.25, 0.3) is 0 Å². The van der Waals surface area contributed by atoms with Crippen molar-refractivity contribution in [3.63, 3.8) is 0 Å². The number of carbonyl (C=O) groups is 1. The molecule has 0 aromatic heterocycles. The molecule has 2 rings (SSSR count). The van der Waals surface area contributed by atoms with Crippen LogP contribution >= 0.6 is 0 Å². The smallest absolute Gasteiger partial charge is 0.330 e. The Kier molecular flexibility index (Phi) is 3.92. The topological polar surface area (TPSA) is 26.3 Å². The molecule has 2 heteroatoms. The first-order valence-corrected chi connectivity index (χ1v) is 5.72. The molecule has 0 unspecified atom stereocenters. The highest BCUT2D eigenvalue weighted by molar-refractivity contribution is 5.90. The minimum Gasteiger partial charge on any atom is -0.466 e. The fourth-order valence-corrected chi connectivity index (χ4v) is 1.76. The second-order valence-electron chi connectivity index (χ2n) is 3.81. The number of fused-ring (bicyclic) bond motifs is 1. The number of ether oxygens (including phenoxy) is 1. The number of carbonyl (C=O) groups excluding carboxylic acids is 1. The van der Waals surface area contributed by atoms with E-state index in [0.717, 1.165) is 5.56 Å². The molecular weight excluding hydrogens is 224 g/mol. The Bertz CT molecular complexity index is 604. The Labute approximate surface area is 106 Å². The molecular formula is C16H14O2. The number of methoxy groups -OCH3 is 1. The third-order valence-electron chi connectivity index (χ3n) is 2.64. The summed E-state index contributed by atoms with van der Waals surface area (Å²) in [6.45, 7) is 0. The Hall–Kier alpha value is -2.35. The third-order valence-corrected chi connectivity index (χ3v) is 2.64. The largest absolute Gasteiger partial charge is 0.466 e. The number of hydrogen-bond donors (Lipinski definition) is 0. The van der Waals surface area contributed by atoms with Crippen molar-refractivity contribution in [2.24, 2.45) is 0 Å². The van der Waals surface area contributed by atoms with Gasteiger partial charge in [-0.3, -0.25) is 0 Å². The van der Waals surface area contributed by atoms with Gasteiger partial charge >= 0.3 is 5.97 Å². The van der Waals surface area contributed by atoms with Gasteiger partial charge in [0, 0.05) is 6.08 Å². The average Bonchev–Trinajstić information content (AvgIpc) is 2.43. The van der Waals surface area contributed by atoms with Gasteiger partial charge < -0.3 is 4.74 Å². The highest BCUT2D eigenvalue weighted by Crippen LogP contribution is 2.19. The fourth-order valence-electron chi connectivity index (χ4n) is 1.76. The standard InChI is InChI=1S/C16H14O2/c1-18-16(17)12-5-3-8-14-10-6-9-13-7-2-4-11-15(13)14/h2-12H,1H3/b8-3+,12-5+. The lowest BCUT2D eigenvalue weighted by Gasteiger charge is -2.00. The number of esters is 1. The molecule has 2 nitrogen and oxygen atoms in total. The quantitative estimate of drug-likeness (QED) is 0.464. The molecule has 90 valence electrons. The van der Waals surface area contributed by atoms with Crippen LogP contribution in [0.1, 0.15) is 5.56 Å². The van der Waals surface area contributed by atoms with E-state index < -0.39 is 0 Å². The molecule has 2 aromatic rings. The molecule has 0 N–H and O–H groups in total. The summed E-state index contributed by atoms with van der Waals surface area (Å²) in [6.07, 6.45) is 6.87. The van der Waals surface area contributed by atoms with E-state index in [1.807, 2.05) is 36.4 Å². The first-order valence-electron chi connectivity index (χ1n) is 5.72. The number of allylic oxidation sites excluding steroid dienone is 2. The van der Waals surface area contributed by atoms with Gasteiger partial charge in [0.2, 0.25) is 0 Å². The van der Waals surface area contributed by atoms with Gasteiger partial charge in [0.1, 0.15) is 0 Å². The number of hydrogen-bond acceptors (Lipinski definition) is 2. The molecule has 0 aliphatic rings. The molecule has 0 bridgehead atoms. The molecule has 0 radical (unpaired) electrons. The molecule has 0 atom stereocenters. The van der Waals surface area contributed by atoms with Crippen LogP contribution in [-0.2, 0) is 9.53 Å². The lowest BCUT2D eigenvalue weighted by Crippen LogP contribution is -1.92. The van der Waals surface area contributed by atoms with Crippen molar-refractivity contribution in [2.45, 2.75) is 0 Å². The normalized spacial score (nSPS) is 11.4. The monoisotopic (exact) mass is 238 g/mol. The van der Waals surface area contributed by atoms with Crippen molar-refractivity contribution in [3.8, 4) is 0 Å². The second kappa shape index (κ2) is 5.82. The van der Waals surface area contributed by atoms with E-state index >= 15 is 0 Å². The summed E-state index contributed by atoms with van der Waals surface area (Å²) in [6, 6.07) is 14.3. The minimum absolute atomic E-state index is 0.349. The number of rotatable bonds is 3. The van der Waals surface area contributed by atoms with Crippen LogP contribution in [0, 0.1) is 0 Å². The van der Waals surface area contributed by atoms with E-state index in [-0.39, 0.29) is 5.97 Å². The van der Waals surface area contributed by atoms with Crippen LogP contribution in [0.15, 0.2) is 60.7 Å². The third kappa shape index (κ3) is 2.86. The van der Waals surface area contributed by atoms with Gasteiger partial charge in [0.05, 0.1) is 7.11 Å². The van der Waals surface area contributed by atoms with E-state index in [2.05, 4.69) is 22.9 Å². The van der Waals surface area contributed by atoms with Gasteiger partial charge in [-0.15, -0.1) is 0 Å². The summed E-state index contributed by atoms with van der Waals surface area (Å²) >= 11 is 0. The van der Waals surface area contributed by atoms with E-state index in [1.54, 1.807) is 6.08 Å². The van der Waals surface area contributed by atoms with Crippen LogP contribution in [0.2, 0.25) is 0 Å². The van der Waals surface area contributed by atoms with Crippen molar-refractivity contribution < 1.29 is 9.53 Å². The van der Waals surface area contributed by atoms with E-state index in [1.165, 1.54) is 24.0 Å².